The predicted molar refractivity (Wildman–Crippen MR) is 80.4 cm³/mol. The van der Waals surface area contributed by atoms with Crippen LogP contribution in [0.15, 0.2) is 48.5 Å². The summed E-state index contributed by atoms with van der Waals surface area (Å²) < 4.78 is 13.8. The molecular weight excluding hydrogens is 249 g/mol. The van der Waals surface area contributed by atoms with Gasteiger partial charge in [-0.15, -0.1) is 0 Å². The largest absolute Gasteiger partial charge is 0.313 e. The molecule has 0 amide bonds. The highest BCUT2D eigenvalue weighted by Gasteiger charge is 2.28. The molecule has 0 aliphatic carbocycles. The topological polar surface area (TPSA) is 12.0 Å². The van der Waals surface area contributed by atoms with E-state index in [1.54, 1.807) is 6.07 Å². The standard InChI is InChI=1S/C18H20FN/c1-13-7-8-15(12-17(13)19)16-9-10-20-18(16)11-14-5-3-2-4-6-14/h2-8,12,16,18,20H,9-11H2,1H3. The van der Waals surface area contributed by atoms with E-state index >= 15 is 0 Å². The lowest BCUT2D eigenvalue weighted by molar-refractivity contribution is 0.539. The van der Waals surface area contributed by atoms with Gasteiger partial charge in [-0.2, -0.15) is 0 Å². The van der Waals surface area contributed by atoms with Gasteiger partial charge in [0.2, 0.25) is 0 Å². The molecule has 0 spiro atoms. The van der Waals surface area contributed by atoms with Crippen molar-refractivity contribution in [1.82, 2.24) is 5.32 Å². The van der Waals surface area contributed by atoms with Crippen LogP contribution in [0.1, 0.15) is 29.0 Å². The molecule has 2 atom stereocenters. The molecule has 1 aliphatic heterocycles. The predicted octanol–water partition coefficient (Wildman–Crippen LogP) is 3.82. The average Bonchev–Trinajstić information content (AvgIpc) is 2.91. The fourth-order valence-corrected chi connectivity index (χ4v) is 3.09. The number of halogens is 1. The second-order valence-electron chi connectivity index (χ2n) is 5.65. The second kappa shape index (κ2) is 5.76. The van der Waals surface area contributed by atoms with Crippen molar-refractivity contribution in [3.8, 4) is 0 Å². The van der Waals surface area contributed by atoms with Crippen molar-refractivity contribution in [2.45, 2.75) is 31.7 Å². The quantitative estimate of drug-likeness (QED) is 0.893. The number of nitrogens with one attached hydrogen (secondary N) is 1. The molecule has 2 unspecified atom stereocenters. The van der Waals surface area contributed by atoms with Crippen molar-refractivity contribution in [3.05, 3.63) is 71.0 Å². The number of benzene rings is 2. The maximum Gasteiger partial charge on any atom is 0.126 e. The maximum absolute atomic E-state index is 13.8. The zero-order valence-corrected chi connectivity index (χ0v) is 11.8. The van der Waals surface area contributed by atoms with Gasteiger partial charge in [0.1, 0.15) is 5.82 Å². The second-order valence-corrected chi connectivity index (χ2v) is 5.65. The number of hydrogen-bond donors (Lipinski definition) is 1. The van der Waals surface area contributed by atoms with Gasteiger partial charge in [0.15, 0.2) is 0 Å². The lowest BCUT2D eigenvalue weighted by atomic mass is 9.88. The molecule has 0 radical (unpaired) electrons. The Balaban J connectivity index is 1.80. The van der Waals surface area contributed by atoms with Gasteiger partial charge in [-0.1, -0.05) is 42.5 Å². The zero-order chi connectivity index (χ0) is 13.9. The van der Waals surface area contributed by atoms with Crippen LogP contribution in [0.3, 0.4) is 0 Å². The molecule has 0 aromatic heterocycles. The summed E-state index contributed by atoms with van der Waals surface area (Å²) in [6.07, 6.45) is 2.08. The molecule has 1 fully saturated rings. The van der Waals surface area contributed by atoms with E-state index in [1.165, 1.54) is 5.56 Å². The molecule has 0 saturated carbocycles. The molecule has 1 saturated heterocycles. The SMILES string of the molecule is Cc1ccc(C2CCNC2Cc2ccccc2)cc1F. The van der Waals surface area contributed by atoms with E-state index in [2.05, 4.69) is 35.6 Å². The number of rotatable bonds is 3. The number of hydrogen-bond acceptors (Lipinski definition) is 1. The van der Waals surface area contributed by atoms with Crippen molar-refractivity contribution in [2.24, 2.45) is 0 Å². The molecule has 1 heterocycles. The lowest BCUT2D eigenvalue weighted by Crippen LogP contribution is -2.28. The third kappa shape index (κ3) is 2.75. The first-order valence-electron chi connectivity index (χ1n) is 7.27. The Morgan fingerprint density at radius 3 is 2.70 bits per heavy atom. The van der Waals surface area contributed by atoms with Crippen molar-refractivity contribution in [1.29, 1.82) is 0 Å². The van der Waals surface area contributed by atoms with Gasteiger partial charge in [0.05, 0.1) is 0 Å². The highest BCUT2D eigenvalue weighted by molar-refractivity contribution is 5.29. The molecule has 104 valence electrons. The van der Waals surface area contributed by atoms with Gasteiger partial charge in [0.25, 0.3) is 0 Å². The molecule has 2 aromatic rings. The molecule has 1 N–H and O–H groups in total. The molecular formula is C18H20FN. The zero-order valence-electron chi connectivity index (χ0n) is 11.8. The highest BCUT2D eigenvalue weighted by atomic mass is 19.1. The van der Waals surface area contributed by atoms with E-state index in [0.29, 0.717) is 12.0 Å². The first kappa shape index (κ1) is 13.3. The summed E-state index contributed by atoms with van der Waals surface area (Å²) in [5, 5.41) is 3.57. The van der Waals surface area contributed by atoms with Crippen LogP contribution in [0.5, 0.6) is 0 Å². The van der Waals surface area contributed by atoms with E-state index in [0.717, 1.165) is 30.5 Å². The molecule has 0 bridgehead atoms. The van der Waals surface area contributed by atoms with Gasteiger partial charge in [-0.3, -0.25) is 0 Å². The Hall–Kier alpha value is -1.67. The van der Waals surface area contributed by atoms with Crippen molar-refractivity contribution >= 4 is 0 Å². The third-order valence-corrected chi connectivity index (χ3v) is 4.27. The molecule has 1 nitrogen and oxygen atoms in total. The van der Waals surface area contributed by atoms with Gasteiger partial charge in [0, 0.05) is 12.0 Å². The summed E-state index contributed by atoms with van der Waals surface area (Å²) in [4.78, 5) is 0. The van der Waals surface area contributed by atoms with Crippen LogP contribution in [0.25, 0.3) is 0 Å². The van der Waals surface area contributed by atoms with Gasteiger partial charge in [-0.05, 0) is 49.1 Å². The van der Waals surface area contributed by atoms with Crippen molar-refractivity contribution in [2.75, 3.05) is 6.54 Å². The molecule has 2 aromatic carbocycles. The van der Waals surface area contributed by atoms with E-state index in [-0.39, 0.29) is 5.82 Å². The fraction of sp³-hybridized carbons (Fsp3) is 0.333. The Morgan fingerprint density at radius 1 is 1.15 bits per heavy atom. The maximum atomic E-state index is 13.8. The Bertz CT molecular complexity index is 579. The van der Waals surface area contributed by atoms with E-state index in [9.17, 15) is 4.39 Å². The van der Waals surface area contributed by atoms with Gasteiger partial charge >= 0.3 is 0 Å². The van der Waals surface area contributed by atoms with Crippen molar-refractivity contribution in [3.63, 3.8) is 0 Å². The van der Waals surface area contributed by atoms with Gasteiger partial charge in [-0.25, -0.2) is 4.39 Å². The normalized spacial score (nSPS) is 22.1. The summed E-state index contributed by atoms with van der Waals surface area (Å²) in [6, 6.07) is 16.6. The number of aryl methyl sites for hydroxylation is 1. The average molecular weight is 269 g/mol. The molecule has 1 aliphatic rings. The van der Waals surface area contributed by atoms with Crippen LogP contribution in [-0.4, -0.2) is 12.6 Å². The third-order valence-electron chi connectivity index (χ3n) is 4.27. The summed E-state index contributed by atoms with van der Waals surface area (Å²) in [5.41, 5.74) is 3.18. The molecule has 20 heavy (non-hydrogen) atoms. The van der Waals surface area contributed by atoms with Crippen LogP contribution in [0.4, 0.5) is 4.39 Å². The van der Waals surface area contributed by atoms with Crippen LogP contribution >= 0.6 is 0 Å². The van der Waals surface area contributed by atoms with Crippen molar-refractivity contribution < 1.29 is 4.39 Å². The molecule has 3 rings (SSSR count). The Kier molecular flexibility index (Phi) is 3.83. The smallest absolute Gasteiger partial charge is 0.126 e. The van der Waals surface area contributed by atoms with Crippen LogP contribution < -0.4 is 5.32 Å². The van der Waals surface area contributed by atoms with E-state index in [4.69, 9.17) is 0 Å². The van der Waals surface area contributed by atoms with E-state index < -0.39 is 0 Å². The van der Waals surface area contributed by atoms with Crippen LogP contribution in [-0.2, 0) is 6.42 Å². The van der Waals surface area contributed by atoms with Crippen LogP contribution in [0, 0.1) is 12.7 Å². The minimum atomic E-state index is -0.0899. The summed E-state index contributed by atoms with van der Waals surface area (Å²) in [7, 11) is 0. The summed E-state index contributed by atoms with van der Waals surface area (Å²) >= 11 is 0. The minimum absolute atomic E-state index is 0.0899. The summed E-state index contributed by atoms with van der Waals surface area (Å²) in [5.74, 6) is 0.318. The first-order valence-corrected chi connectivity index (χ1v) is 7.27. The first-order chi connectivity index (χ1) is 9.74. The molecule has 2 heteroatoms. The highest BCUT2D eigenvalue weighted by Crippen LogP contribution is 2.30. The Labute approximate surface area is 119 Å². The minimum Gasteiger partial charge on any atom is -0.313 e. The van der Waals surface area contributed by atoms with Gasteiger partial charge < -0.3 is 5.32 Å². The Morgan fingerprint density at radius 2 is 1.95 bits per heavy atom. The lowest BCUT2D eigenvalue weighted by Gasteiger charge is -2.20. The van der Waals surface area contributed by atoms with E-state index in [1.807, 2.05) is 19.1 Å². The van der Waals surface area contributed by atoms with Crippen LogP contribution in [0.2, 0.25) is 0 Å². The fourth-order valence-electron chi connectivity index (χ4n) is 3.09. The monoisotopic (exact) mass is 269 g/mol. The summed E-state index contributed by atoms with van der Waals surface area (Å²) in [6.45, 7) is 2.82.